The van der Waals surface area contributed by atoms with Crippen LogP contribution in [0.1, 0.15) is 66.0 Å². The fourth-order valence-corrected chi connectivity index (χ4v) is 4.15. The molecule has 0 unspecified atom stereocenters. The van der Waals surface area contributed by atoms with E-state index in [2.05, 4.69) is 9.97 Å². The quantitative estimate of drug-likeness (QED) is 0.860. The zero-order valence-electron chi connectivity index (χ0n) is 11.8. The van der Waals surface area contributed by atoms with Crippen molar-refractivity contribution in [3.8, 4) is 0 Å². The average molecular weight is 290 g/mol. The molecule has 0 amide bonds. The van der Waals surface area contributed by atoms with Crippen LogP contribution in [0.2, 0.25) is 0 Å². The summed E-state index contributed by atoms with van der Waals surface area (Å²) < 4.78 is 0. The van der Waals surface area contributed by atoms with Crippen molar-refractivity contribution in [3.05, 3.63) is 26.6 Å². The van der Waals surface area contributed by atoms with Crippen molar-refractivity contribution < 1.29 is 4.79 Å². The molecule has 0 spiro atoms. The summed E-state index contributed by atoms with van der Waals surface area (Å²) in [5.41, 5.74) is 0.665. The maximum atomic E-state index is 12.3. The number of aromatic amines is 1. The summed E-state index contributed by atoms with van der Waals surface area (Å²) in [5, 5.41) is 0.583. The third-order valence-corrected chi connectivity index (χ3v) is 5.42. The Hall–Kier alpha value is -1.49. The van der Waals surface area contributed by atoms with Gasteiger partial charge in [-0.1, -0.05) is 19.3 Å². The van der Waals surface area contributed by atoms with Crippen molar-refractivity contribution >= 4 is 27.3 Å². The van der Waals surface area contributed by atoms with E-state index in [1.54, 1.807) is 0 Å². The molecule has 1 N–H and O–H groups in total. The number of aryl methyl sites for hydroxylation is 1. The van der Waals surface area contributed by atoms with Crippen LogP contribution in [0.15, 0.2) is 4.79 Å². The van der Waals surface area contributed by atoms with Crippen molar-refractivity contribution in [1.29, 1.82) is 0 Å². The predicted octanol–water partition coefficient (Wildman–Crippen LogP) is 3.54. The highest BCUT2D eigenvalue weighted by atomic mass is 32.1. The molecule has 3 rings (SSSR count). The SMILES string of the molecule is CC(=O)c1sc2nc(C3CCCCC3)[nH]c(=O)c2c1C. The van der Waals surface area contributed by atoms with Gasteiger partial charge in [0.15, 0.2) is 5.78 Å². The number of hydrogen-bond donors (Lipinski definition) is 1. The molecule has 20 heavy (non-hydrogen) atoms. The summed E-state index contributed by atoms with van der Waals surface area (Å²) in [6.45, 7) is 3.36. The molecular formula is C15H18N2O2S. The van der Waals surface area contributed by atoms with Crippen molar-refractivity contribution in [1.82, 2.24) is 9.97 Å². The van der Waals surface area contributed by atoms with Gasteiger partial charge in [0, 0.05) is 5.92 Å². The Morgan fingerprint density at radius 1 is 1.30 bits per heavy atom. The van der Waals surface area contributed by atoms with E-state index in [1.807, 2.05) is 6.92 Å². The molecule has 1 fully saturated rings. The lowest BCUT2D eigenvalue weighted by molar-refractivity contribution is 0.102. The van der Waals surface area contributed by atoms with Crippen molar-refractivity contribution in [2.24, 2.45) is 0 Å². The van der Waals surface area contributed by atoms with E-state index in [0.717, 1.165) is 24.2 Å². The lowest BCUT2D eigenvalue weighted by atomic mass is 9.89. The Kier molecular flexibility index (Phi) is 3.46. The lowest BCUT2D eigenvalue weighted by Crippen LogP contribution is -2.16. The van der Waals surface area contributed by atoms with Gasteiger partial charge in [-0.15, -0.1) is 11.3 Å². The number of Topliss-reactive ketones (excluding diaryl/α,β-unsaturated/α-hetero) is 1. The van der Waals surface area contributed by atoms with Gasteiger partial charge < -0.3 is 4.98 Å². The summed E-state index contributed by atoms with van der Waals surface area (Å²) in [6, 6.07) is 0. The standard InChI is InChI=1S/C15H18N2O2S/c1-8-11-14(19)16-13(10-6-4-3-5-7-10)17-15(11)20-12(8)9(2)18/h10H,3-7H2,1-2H3,(H,16,17,19). The molecule has 1 saturated carbocycles. The molecule has 2 aromatic rings. The van der Waals surface area contributed by atoms with Crippen LogP contribution in [-0.2, 0) is 0 Å². The third-order valence-electron chi connectivity index (χ3n) is 4.13. The minimum Gasteiger partial charge on any atom is -0.310 e. The lowest BCUT2D eigenvalue weighted by Gasteiger charge is -2.20. The fraction of sp³-hybridized carbons (Fsp3) is 0.533. The van der Waals surface area contributed by atoms with E-state index in [4.69, 9.17) is 0 Å². The van der Waals surface area contributed by atoms with Gasteiger partial charge in [0.2, 0.25) is 0 Å². The summed E-state index contributed by atoms with van der Waals surface area (Å²) in [5.74, 6) is 1.17. The molecule has 5 heteroatoms. The molecule has 0 atom stereocenters. The second kappa shape index (κ2) is 5.13. The molecule has 2 heterocycles. The highest BCUT2D eigenvalue weighted by Crippen LogP contribution is 2.32. The summed E-state index contributed by atoms with van der Waals surface area (Å²) >= 11 is 1.34. The molecule has 0 saturated heterocycles. The van der Waals surface area contributed by atoms with Gasteiger partial charge in [-0.25, -0.2) is 4.98 Å². The molecule has 1 aliphatic carbocycles. The van der Waals surface area contributed by atoms with Gasteiger partial charge in [0.25, 0.3) is 5.56 Å². The third kappa shape index (κ3) is 2.20. The molecule has 0 bridgehead atoms. The predicted molar refractivity (Wildman–Crippen MR) is 80.8 cm³/mol. The molecule has 1 aliphatic rings. The van der Waals surface area contributed by atoms with Gasteiger partial charge in [-0.05, 0) is 32.3 Å². The highest BCUT2D eigenvalue weighted by Gasteiger charge is 2.21. The molecule has 0 radical (unpaired) electrons. The summed E-state index contributed by atoms with van der Waals surface area (Å²) in [4.78, 5) is 32.8. The van der Waals surface area contributed by atoms with Gasteiger partial charge >= 0.3 is 0 Å². The first-order valence-corrected chi connectivity index (χ1v) is 7.94. The first-order chi connectivity index (χ1) is 9.58. The number of ketones is 1. The first kappa shape index (κ1) is 13.5. The number of thiophene rings is 1. The second-order valence-electron chi connectivity index (χ2n) is 5.58. The molecular weight excluding hydrogens is 272 g/mol. The fourth-order valence-electron chi connectivity index (χ4n) is 3.07. The van der Waals surface area contributed by atoms with Crippen LogP contribution in [-0.4, -0.2) is 15.8 Å². The highest BCUT2D eigenvalue weighted by molar-refractivity contribution is 7.20. The van der Waals surface area contributed by atoms with E-state index < -0.39 is 0 Å². The molecule has 0 aliphatic heterocycles. The van der Waals surface area contributed by atoms with Gasteiger partial charge in [-0.3, -0.25) is 9.59 Å². The number of nitrogens with one attached hydrogen (secondary N) is 1. The van der Waals surface area contributed by atoms with Crippen LogP contribution in [0.25, 0.3) is 10.2 Å². The Balaban J connectivity index is 2.14. The number of H-pyrrole nitrogens is 1. The maximum absolute atomic E-state index is 12.3. The van der Waals surface area contributed by atoms with Crippen LogP contribution in [0.4, 0.5) is 0 Å². The number of hydrogen-bond acceptors (Lipinski definition) is 4. The minimum atomic E-state index is -0.100. The topological polar surface area (TPSA) is 62.8 Å². The largest absolute Gasteiger partial charge is 0.310 e. The number of aromatic nitrogens is 2. The maximum Gasteiger partial charge on any atom is 0.259 e. The Bertz CT molecular complexity index is 723. The molecule has 4 nitrogen and oxygen atoms in total. The molecule has 2 aromatic heterocycles. The Morgan fingerprint density at radius 2 is 2.00 bits per heavy atom. The van der Waals surface area contributed by atoms with Crippen LogP contribution >= 0.6 is 11.3 Å². The Labute approximate surface area is 121 Å². The van der Waals surface area contributed by atoms with Crippen molar-refractivity contribution in [3.63, 3.8) is 0 Å². The van der Waals surface area contributed by atoms with Crippen LogP contribution in [0.5, 0.6) is 0 Å². The van der Waals surface area contributed by atoms with Crippen molar-refractivity contribution in [2.45, 2.75) is 51.9 Å². The van der Waals surface area contributed by atoms with Gasteiger partial charge in [-0.2, -0.15) is 0 Å². The first-order valence-electron chi connectivity index (χ1n) is 7.12. The van der Waals surface area contributed by atoms with Crippen LogP contribution in [0.3, 0.4) is 0 Å². The van der Waals surface area contributed by atoms with E-state index >= 15 is 0 Å². The van der Waals surface area contributed by atoms with Crippen molar-refractivity contribution in [2.75, 3.05) is 0 Å². The Morgan fingerprint density at radius 3 is 2.65 bits per heavy atom. The van der Waals surface area contributed by atoms with Crippen LogP contribution in [0, 0.1) is 6.92 Å². The number of rotatable bonds is 2. The number of carbonyl (C=O) groups is 1. The van der Waals surface area contributed by atoms with E-state index in [0.29, 0.717) is 21.0 Å². The normalized spacial score (nSPS) is 16.7. The smallest absolute Gasteiger partial charge is 0.259 e. The number of carbonyl (C=O) groups excluding carboxylic acids is 1. The second-order valence-corrected chi connectivity index (χ2v) is 6.58. The minimum absolute atomic E-state index is 0.00381. The van der Waals surface area contributed by atoms with Gasteiger partial charge in [0.1, 0.15) is 10.7 Å². The monoisotopic (exact) mass is 290 g/mol. The van der Waals surface area contributed by atoms with E-state index in [9.17, 15) is 9.59 Å². The zero-order chi connectivity index (χ0) is 14.3. The van der Waals surface area contributed by atoms with Crippen LogP contribution < -0.4 is 5.56 Å². The number of fused-ring (bicyclic) bond motifs is 1. The zero-order valence-corrected chi connectivity index (χ0v) is 12.6. The summed E-state index contributed by atoms with van der Waals surface area (Å²) in [7, 11) is 0. The van der Waals surface area contributed by atoms with E-state index in [-0.39, 0.29) is 11.3 Å². The van der Waals surface area contributed by atoms with Gasteiger partial charge in [0.05, 0.1) is 10.3 Å². The van der Waals surface area contributed by atoms with E-state index in [1.165, 1.54) is 37.5 Å². The number of nitrogens with zero attached hydrogens (tertiary/aromatic N) is 1. The molecule has 0 aromatic carbocycles. The molecule has 106 valence electrons. The summed E-state index contributed by atoms with van der Waals surface area (Å²) in [6.07, 6.45) is 5.87. The average Bonchev–Trinajstić information content (AvgIpc) is 2.77.